The second kappa shape index (κ2) is 4.42. The van der Waals surface area contributed by atoms with Crippen LogP contribution in [0.1, 0.15) is 53.9 Å². The van der Waals surface area contributed by atoms with Crippen molar-refractivity contribution in [3.63, 3.8) is 0 Å². The molecule has 2 atom stereocenters. The Kier molecular flexibility index (Phi) is 3.83. The van der Waals surface area contributed by atoms with Crippen LogP contribution in [0.15, 0.2) is 0 Å². The third-order valence-corrected chi connectivity index (χ3v) is 3.69. The molecule has 0 spiro atoms. The lowest BCUT2D eigenvalue weighted by Crippen LogP contribution is -2.49. The molecule has 2 unspecified atom stereocenters. The molecule has 0 aromatic carbocycles. The van der Waals surface area contributed by atoms with Crippen LogP contribution in [0, 0.1) is 10.8 Å². The van der Waals surface area contributed by atoms with Crippen molar-refractivity contribution in [2.45, 2.75) is 66.0 Å². The molecule has 1 saturated carbocycles. The monoisotopic (exact) mass is 212 g/mol. The van der Waals surface area contributed by atoms with Crippen LogP contribution in [0.4, 0.5) is 0 Å². The molecule has 15 heavy (non-hydrogen) atoms. The zero-order valence-corrected chi connectivity index (χ0v) is 11.1. The van der Waals surface area contributed by atoms with E-state index in [1.807, 2.05) is 0 Å². The third-order valence-electron chi connectivity index (χ3n) is 3.69. The Morgan fingerprint density at radius 1 is 1.40 bits per heavy atom. The fraction of sp³-hybridized carbons (Fsp3) is 1.00. The van der Waals surface area contributed by atoms with Gasteiger partial charge < -0.3 is 11.1 Å². The van der Waals surface area contributed by atoms with Crippen molar-refractivity contribution in [3.05, 3.63) is 0 Å². The molecule has 90 valence electrons. The summed E-state index contributed by atoms with van der Waals surface area (Å²) in [6.45, 7) is 12.2. The first kappa shape index (κ1) is 13.0. The van der Waals surface area contributed by atoms with E-state index >= 15 is 0 Å². The maximum absolute atomic E-state index is 5.84. The second-order valence-corrected chi connectivity index (χ2v) is 6.92. The van der Waals surface area contributed by atoms with Gasteiger partial charge in [0, 0.05) is 18.6 Å². The van der Waals surface area contributed by atoms with Crippen LogP contribution in [0.25, 0.3) is 0 Å². The molecule has 0 amide bonds. The van der Waals surface area contributed by atoms with Crippen LogP contribution in [-0.2, 0) is 0 Å². The first-order chi connectivity index (χ1) is 6.74. The topological polar surface area (TPSA) is 38.0 Å². The highest BCUT2D eigenvalue weighted by molar-refractivity contribution is 4.91. The summed E-state index contributed by atoms with van der Waals surface area (Å²) in [5, 5.41) is 3.74. The van der Waals surface area contributed by atoms with Crippen LogP contribution in [0.2, 0.25) is 0 Å². The highest BCUT2D eigenvalue weighted by Crippen LogP contribution is 2.37. The minimum Gasteiger partial charge on any atom is -0.329 e. The molecule has 0 radical (unpaired) electrons. The van der Waals surface area contributed by atoms with Gasteiger partial charge >= 0.3 is 0 Å². The summed E-state index contributed by atoms with van der Waals surface area (Å²) in [5.41, 5.74) is 6.63. The Hall–Kier alpha value is -0.0800. The van der Waals surface area contributed by atoms with E-state index in [9.17, 15) is 0 Å². The third kappa shape index (κ3) is 3.76. The average molecular weight is 212 g/mol. The Bertz CT molecular complexity index is 203. The molecule has 1 aliphatic rings. The van der Waals surface area contributed by atoms with Crippen LogP contribution in [-0.4, -0.2) is 18.6 Å². The van der Waals surface area contributed by atoms with E-state index < -0.39 is 0 Å². The van der Waals surface area contributed by atoms with Crippen LogP contribution < -0.4 is 11.1 Å². The molecule has 1 fully saturated rings. The summed E-state index contributed by atoms with van der Waals surface area (Å²) in [7, 11) is 0. The number of hydrogen-bond donors (Lipinski definition) is 2. The minimum absolute atomic E-state index is 0.265. The number of hydrogen-bond acceptors (Lipinski definition) is 2. The fourth-order valence-corrected chi connectivity index (χ4v) is 2.53. The largest absolute Gasteiger partial charge is 0.329 e. The van der Waals surface area contributed by atoms with E-state index in [0.29, 0.717) is 17.5 Å². The second-order valence-electron chi connectivity index (χ2n) is 6.92. The number of nitrogens with one attached hydrogen (secondary N) is 1. The standard InChI is InChI=1S/C13H28N2/c1-12(2,3)11(9-14)15-10-6-7-13(4,5)8-10/h10-11,15H,6-9,14H2,1-5H3. The summed E-state index contributed by atoms with van der Waals surface area (Å²) in [5.74, 6) is 0. The average Bonchev–Trinajstić information content (AvgIpc) is 2.39. The molecular weight excluding hydrogens is 184 g/mol. The van der Waals surface area contributed by atoms with Crippen molar-refractivity contribution >= 4 is 0 Å². The molecule has 0 heterocycles. The summed E-state index contributed by atoms with van der Waals surface area (Å²) >= 11 is 0. The van der Waals surface area contributed by atoms with Crippen LogP contribution in [0.3, 0.4) is 0 Å². The van der Waals surface area contributed by atoms with E-state index in [0.717, 1.165) is 6.54 Å². The molecule has 0 saturated heterocycles. The zero-order chi connectivity index (χ0) is 11.7. The van der Waals surface area contributed by atoms with Crippen molar-refractivity contribution < 1.29 is 0 Å². The Morgan fingerprint density at radius 2 is 2.00 bits per heavy atom. The minimum atomic E-state index is 0.265. The normalized spacial score (nSPS) is 28.0. The van der Waals surface area contributed by atoms with Crippen molar-refractivity contribution in [1.82, 2.24) is 5.32 Å². The molecule has 1 aliphatic carbocycles. The SMILES string of the molecule is CC1(C)CCC(NC(CN)C(C)(C)C)C1. The van der Waals surface area contributed by atoms with Crippen molar-refractivity contribution in [2.75, 3.05) is 6.54 Å². The predicted molar refractivity (Wildman–Crippen MR) is 66.9 cm³/mol. The molecule has 0 bridgehead atoms. The van der Waals surface area contributed by atoms with E-state index in [1.54, 1.807) is 0 Å². The lowest BCUT2D eigenvalue weighted by Gasteiger charge is -2.33. The smallest absolute Gasteiger partial charge is 0.0241 e. The lowest BCUT2D eigenvalue weighted by molar-refractivity contribution is 0.244. The first-order valence-electron chi connectivity index (χ1n) is 6.21. The first-order valence-corrected chi connectivity index (χ1v) is 6.21. The maximum Gasteiger partial charge on any atom is 0.0241 e. The summed E-state index contributed by atoms with van der Waals surface area (Å²) < 4.78 is 0. The van der Waals surface area contributed by atoms with Gasteiger partial charge in [0.2, 0.25) is 0 Å². The molecule has 3 N–H and O–H groups in total. The van der Waals surface area contributed by atoms with E-state index in [-0.39, 0.29) is 5.41 Å². The van der Waals surface area contributed by atoms with Gasteiger partial charge in [-0.1, -0.05) is 34.6 Å². The van der Waals surface area contributed by atoms with E-state index in [2.05, 4.69) is 39.9 Å². The molecule has 2 nitrogen and oxygen atoms in total. The molecule has 0 aliphatic heterocycles. The van der Waals surface area contributed by atoms with E-state index in [4.69, 9.17) is 5.73 Å². The fourth-order valence-electron chi connectivity index (χ4n) is 2.53. The predicted octanol–water partition coefficient (Wildman–Crippen LogP) is 2.53. The van der Waals surface area contributed by atoms with Gasteiger partial charge in [-0.15, -0.1) is 0 Å². The molecule has 0 aromatic heterocycles. The highest BCUT2D eigenvalue weighted by Gasteiger charge is 2.33. The van der Waals surface area contributed by atoms with Gasteiger partial charge in [-0.2, -0.15) is 0 Å². The molecule has 2 heteroatoms. The van der Waals surface area contributed by atoms with Gasteiger partial charge in [0.25, 0.3) is 0 Å². The van der Waals surface area contributed by atoms with Crippen molar-refractivity contribution in [3.8, 4) is 0 Å². The van der Waals surface area contributed by atoms with Gasteiger partial charge in [-0.25, -0.2) is 0 Å². The summed E-state index contributed by atoms with van der Waals surface area (Å²) in [4.78, 5) is 0. The summed E-state index contributed by atoms with van der Waals surface area (Å²) in [6, 6.07) is 1.11. The van der Waals surface area contributed by atoms with E-state index in [1.165, 1.54) is 19.3 Å². The lowest BCUT2D eigenvalue weighted by atomic mass is 9.86. The maximum atomic E-state index is 5.84. The summed E-state index contributed by atoms with van der Waals surface area (Å²) in [6.07, 6.45) is 3.94. The van der Waals surface area contributed by atoms with Gasteiger partial charge in [0.1, 0.15) is 0 Å². The number of nitrogens with two attached hydrogens (primary N) is 1. The zero-order valence-electron chi connectivity index (χ0n) is 11.1. The quantitative estimate of drug-likeness (QED) is 0.754. The van der Waals surface area contributed by atoms with Gasteiger partial charge in [0.05, 0.1) is 0 Å². The van der Waals surface area contributed by atoms with Crippen LogP contribution in [0.5, 0.6) is 0 Å². The number of rotatable bonds is 3. The van der Waals surface area contributed by atoms with Gasteiger partial charge in [-0.05, 0) is 30.1 Å². The van der Waals surface area contributed by atoms with Crippen LogP contribution >= 0.6 is 0 Å². The van der Waals surface area contributed by atoms with Crippen molar-refractivity contribution in [2.24, 2.45) is 16.6 Å². The Morgan fingerprint density at radius 3 is 2.33 bits per heavy atom. The molecular formula is C13H28N2. The van der Waals surface area contributed by atoms with Crippen molar-refractivity contribution in [1.29, 1.82) is 0 Å². The van der Waals surface area contributed by atoms with Gasteiger partial charge in [-0.3, -0.25) is 0 Å². The molecule has 1 rings (SSSR count). The van der Waals surface area contributed by atoms with Gasteiger partial charge in [0.15, 0.2) is 0 Å². The Labute approximate surface area is 95.0 Å². The Balaban J connectivity index is 2.48. The molecule has 0 aromatic rings. The highest BCUT2D eigenvalue weighted by atomic mass is 15.0.